The van der Waals surface area contributed by atoms with E-state index < -0.39 is 29.2 Å². The number of rotatable bonds is 7. The van der Waals surface area contributed by atoms with Gasteiger partial charge in [-0.3, -0.25) is 14.4 Å². The van der Waals surface area contributed by atoms with Crippen molar-refractivity contribution in [3.05, 3.63) is 0 Å². The molecule has 1 atom stereocenters. The van der Waals surface area contributed by atoms with Crippen molar-refractivity contribution < 1.29 is 29.7 Å². The number of aliphatic carboxylic acids is 3. The summed E-state index contributed by atoms with van der Waals surface area (Å²) < 4.78 is 0. The second-order valence-electron chi connectivity index (χ2n) is 4.38. The number of carboxylic acids is 3. The minimum absolute atomic E-state index is 0.0645. The Kier molecular flexibility index (Phi) is 4.94. The molecule has 0 amide bonds. The number of carbonyl (C=O) groups is 3. The zero-order valence-corrected chi connectivity index (χ0v) is 9.27. The van der Waals surface area contributed by atoms with Crippen LogP contribution in [0.15, 0.2) is 0 Å². The van der Waals surface area contributed by atoms with Crippen LogP contribution < -0.4 is 0 Å². The van der Waals surface area contributed by atoms with Gasteiger partial charge in [0.1, 0.15) is 0 Å². The molecular weight excluding hydrogens is 216 g/mol. The second-order valence-corrected chi connectivity index (χ2v) is 4.38. The van der Waals surface area contributed by atoms with Crippen LogP contribution in [0.4, 0.5) is 0 Å². The van der Waals surface area contributed by atoms with Gasteiger partial charge in [0.05, 0.1) is 12.3 Å². The summed E-state index contributed by atoms with van der Waals surface area (Å²) in [6, 6.07) is 0. The monoisotopic (exact) mass is 232 g/mol. The van der Waals surface area contributed by atoms with Gasteiger partial charge in [0.2, 0.25) is 0 Å². The number of carboxylic acid groups (broad SMARTS) is 3. The number of hydrogen-bond donors (Lipinski definition) is 3. The highest BCUT2D eigenvalue weighted by Gasteiger charge is 2.37. The normalized spacial score (nSPS) is 13.1. The molecule has 0 radical (unpaired) electrons. The van der Waals surface area contributed by atoms with E-state index in [0.717, 1.165) is 0 Å². The highest BCUT2D eigenvalue weighted by molar-refractivity contribution is 5.75. The van der Waals surface area contributed by atoms with Crippen molar-refractivity contribution in [2.45, 2.75) is 33.1 Å². The predicted molar refractivity (Wildman–Crippen MR) is 54.0 cm³/mol. The van der Waals surface area contributed by atoms with Gasteiger partial charge >= 0.3 is 17.9 Å². The first-order valence-electron chi connectivity index (χ1n) is 4.83. The largest absolute Gasteiger partial charge is 0.481 e. The van der Waals surface area contributed by atoms with Crippen molar-refractivity contribution in [2.24, 2.45) is 11.3 Å². The zero-order valence-electron chi connectivity index (χ0n) is 9.27. The summed E-state index contributed by atoms with van der Waals surface area (Å²) in [6.45, 7) is 3.03. The predicted octanol–water partition coefficient (Wildman–Crippen LogP) is 1.05. The molecule has 0 rings (SSSR count). The van der Waals surface area contributed by atoms with Crippen LogP contribution in [0.1, 0.15) is 33.1 Å². The smallest absolute Gasteiger partial charge is 0.307 e. The quantitative estimate of drug-likeness (QED) is 0.604. The van der Waals surface area contributed by atoms with Crippen LogP contribution in [0, 0.1) is 11.3 Å². The average molecular weight is 232 g/mol. The number of hydrogen-bond acceptors (Lipinski definition) is 3. The lowest BCUT2D eigenvalue weighted by atomic mass is 9.74. The SMILES string of the molecule is CC(C)(CC(=O)O)[C@H](CCC(=O)O)C(=O)O. The van der Waals surface area contributed by atoms with E-state index in [9.17, 15) is 14.4 Å². The van der Waals surface area contributed by atoms with Crippen LogP contribution in [0.3, 0.4) is 0 Å². The maximum atomic E-state index is 11.0. The highest BCUT2D eigenvalue weighted by Crippen LogP contribution is 2.34. The van der Waals surface area contributed by atoms with Crippen LogP contribution in [-0.2, 0) is 14.4 Å². The molecule has 0 saturated carbocycles. The van der Waals surface area contributed by atoms with Crippen molar-refractivity contribution in [1.82, 2.24) is 0 Å². The van der Waals surface area contributed by atoms with E-state index >= 15 is 0 Å². The fourth-order valence-electron chi connectivity index (χ4n) is 1.63. The van der Waals surface area contributed by atoms with Crippen LogP contribution >= 0.6 is 0 Å². The Hall–Kier alpha value is -1.59. The fraction of sp³-hybridized carbons (Fsp3) is 0.700. The van der Waals surface area contributed by atoms with Crippen LogP contribution in [-0.4, -0.2) is 33.2 Å². The molecule has 0 bridgehead atoms. The van der Waals surface area contributed by atoms with E-state index in [2.05, 4.69) is 0 Å². The molecular formula is C10H16O6. The van der Waals surface area contributed by atoms with Crippen LogP contribution in [0.2, 0.25) is 0 Å². The molecule has 0 aromatic heterocycles. The first kappa shape index (κ1) is 14.4. The summed E-state index contributed by atoms with van der Waals surface area (Å²) in [4.78, 5) is 31.9. The highest BCUT2D eigenvalue weighted by atomic mass is 16.4. The molecule has 3 N–H and O–H groups in total. The van der Waals surface area contributed by atoms with Gasteiger partial charge in [-0.25, -0.2) is 0 Å². The van der Waals surface area contributed by atoms with Gasteiger partial charge < -0.3 is 15.3 Å². The first-order valence-corrected chi connectivity index (χ1v) is 4.83. The Morgan fingerprint density at radius 2 is 1.56 bits per heavy atom. The lowest BCUT2D eigenvalue weighted by molar-refractivity contribution is -0.149. The molecule has 0 fully saturated rings. The summed E-state index contributed by atoms with van der Waals surface area (Å²) in [6.07, 6.45) is -0.644. The summed E-state index contributed by atoms with van der Waals surface area (Å²) in [7, 11) is 0. The van der Waals surface area contributed by atoms with E-state index in [-0.39, 0.29) is 19.3 Å². The zero-order chi connectivity index (χ0) is 12.9. The Bertz CT molecular complexity index is 294. The molecule has 16 heavy (non-hydrogen) atoms. The average Bonchev–Trinajstić information content (AvgIpc) is 1.98. The van der Waals surface area contributed by atoms with E-state index in [1.165, 1.54) is 13.8 Å². The van der Waals surface area contributed by atoms with Gasteiger partial charge in [0.25, 0.3) is 0 Å². The molecule has 6 nitrogen and oxygen atoms in total. The van der Waals surface area contributed by atoms with Crippen molar-refractivity contribution in [3.8, 4) is 0 Å². The summed E-state index contributed by atoms with van der Waals surface area (Å²) in [5.74, 6) is -4.31. The first-order chi connectivity index (χ1) is 7.16. The third-order valence-electron chi connectivity index (χ3n) is 2.50. The third-order valence-corrected chi connectivity index (χ3v) is 2.50. The lowest BCUT2D eigenvalue weighted by Gasteiger charge is -2.29. The molecule has 0 unspecified atom stereocenters. The molecule has 0 aliphatic rings. The molecule has 0 heterocycles. The van der Waals surface area contributed by atoms with Crippen LogP contribution in [0.5, 0.6) is 0 Å². The van der Waals surface area contributed by atoms with Gasteiger partial charge in [-0.05, 0) is 11.8 Å². The standard InChI is InChI=1S/C10H16O6/c1-10(2,5-8(13)14)6(9(15)16)3-4-7(11)12/h6H,3-5H2,1-2H3,(H,11,12)(H,13,14)(H,15,16)/t6-/m1/s1. The Labute approximate surface area is 92.9 Å². The summed E-state index contributed by atoms with van der Waals surface area (Å²) in [5, 5.41) is 26.1. The minimum atomic E-state index is -1.16. The van der Waals surface area contributed by atoms with E-state index in [1.54, 1.807) is 0 Å². The lowest BCUT2D eigenvalue weighted by Crippen LogP contribution is -2.33. The molecule has 0 aliphatic carbocycles. The van der Waals surface area contributed by atoms with E-state index in [0.29, 0.717) is 0 Å². The molecule has 6 heteroatoms. The van der Waals surface area contributed by atoms with Gasteiger partial charge in [0, 0.05) is 6.42 Å². The van der Waals surface area contributed by atoms with Crippen molar-refractivity contribution in [2.75, 3.05) is 0 Å². The molecule has 0 aromatic carbocycles. The van der Waals surface area contributed by atoms with Crippen molar-refractivity contribution in [1.29, 1.82) is 0 Å². The molecule has 0 spiro atoms. The Morgan fingerprint density at radius 3 is 1.88 bits per heavy atom. The van der Waals surface area contributed by atoms with Gasteiger partial charge in [-0.2, -0.15) is 0 Å². The maximum absolute atomic E-state index is 11.0. The van der Waals surface area contributed by atoms with E-state index in [1.807, 2.05) is 0 Å². The summed E-state index contributed by atoms with van der Waals surface area (Å²) >= 11 is 0. The van der Waals surface area contributed by atoms with Crippen LogP contribution in [0.25, 0.3) is 0 Å². The maximum Gasteiger partial charge on any atom is 0.307 e. The molecule has 0 aliphatic heterocycles. The molecule has 0 aromatic rings. The topological polar surface area (TPSA) is 112 Å². The van der Waals surface area contributed by atoms with Gasteiger partial charge in [-0.15, -0.1) is 0 Å². The Balaban J connectivity index is 4.68. The molecule has 92 valence electrons. The Morgan fingerprint density at radius 1 is 1.06 bits per heavy atom. The van der Waals surface area contributed by atoms with E-state index in [4.69, 9.17) is 15.3 Å². The minimum Gasteiger partial charge on any atom is -0.481 e. The second kappa shape index (κ2) is 5.48. The summed E-state index contributed by atoms with van der Waals surface area (Å²) in [5.41, 5.74) is -0.965. The van der Waals surface area contributed by atoms with Gasteiger partial charge in [-0.1, -0.05) is 13.8 Å². The van der Waals surface area contributed by atoms with Crippen molar-refractivity contribution >= 4 is 17.9 Å². The fourth-order valence-corrected chi connectivity index (χ4v) is 1.63. The third kappa shape index (κ3) is 4.77. The van der Waals surface area contributed by atoms with Crippen molar-refractivity contribution in [3.63, 3.8) is 0 Å². The molecule has 0 saturated heterocycles. The van der Waals surface area contributed by atoms with Gasteiger partial charge in [0.15, 0.2) is 0 Å².